The second-order valence-electron chi connectivity index (χ2n) is 3.97. The fourth-order valence-corrected chi connectivity index (χ4v) is 1.66. The summed E-state index contributed by atoms with van der Waals surface area (Å²) in [6.07, 6.45) is 1.58. The van der Waals surface area contributed by atoms with Crippen LogP contribution in [0.1, 0.15) is 10.5 Å². The number of nitrogens with one attached hydrogen (secondary N) is 2. The van der Waals surface area contributed by atoms with Crippen LogP contribution in [0.5, 0.6) is 11.5 Å². The van der Waals surface area contributed by atoms with Crippen LogP contribution in [0.15, 0.2) is 36.5 Å². The van der Waals surface area contributed by atoms with E-state index < -0.39 is 11.7 Å². The molecule has 0 aliphatic carbocycles. The van der Waals surface area contributed by atoms with Crippen LogP contribution in [0.3, 0.4) is 0 Å². The first-order valence-corrected chi connectivity index (χ1v) is 5.86. The van der Waals surface area contributed by atoms with Crippen molar-refractivity contribution in [2.45, 2.75) is 0 Å². The second kappa shape index (κ2) is 5.92. The van der Waals surface area contributed by atoms with Gasteiger partial charge in [0.15, 0.2) is 0 Å². The molecule has 0 fully saturated rings. The van der Waals surface area contributed by atoms with Crippen molar-refractivity contribution in [3.8, 4) is 11.5 Å². The molecule has 2 rings (SSSR count). The van der Waals surface area contributed by atoms with Crippen molar-refractivity contribution in [2.75, 3.05) is 19.5 Å². The van der Waals surface area contributed by atoms with Gasteiger partial charge in [0.05, 0.1) is 19.9 Å². The van der Waals surface area contributed by atoms with E-state index in [1.165, 1.54) is 20.3 Å². The fourth-order valence-electron chi connectivity index (χ4n) is 1.66. The number of Topliss-reactive ketones (excluding diaryl/α,β-unsaturated/α-hetero) is 1. The van der Waals surface area contributed by atoms with E-state index in [9.17, 15) is 9.59 Å². The Morgan fingerprint density at radius 1 is 1.10 bits per heavy atom. The number of ketones is 1. The Hall–Kier alpha value is -2.76. The van der Waals surface area contributed by atoms with Gasteiger partial charge in [-0.15, -0.1) is 0 Å². The number of H-pyrrole nitrogens is 1. The van der Waals surface area contributed by atoms with E-state index >= 15 is 0 Å². The standard InChI is InChI=1S/C14H14N2O4/c1-19-10-6-9(7-11(8-10)20-2)16-14(18)13(17)12-4-3-5-15-12/h3-8,15H,1-2H3,(H,16,18). The molecule has 0 saturated heterocycles. The monoisotopic (exact) mass is 274 g/mol. The molecule has 6 nitrogen and oxygen atoms in total. The summed E-state index contributed by atoms with van der Waals surface area (Å²) >= 11 is 0. The molecule has 6 heteroatoms. The Kier molecular flexibility index (Phi) is 4.05. The predicted molar refractivity (Wildman–Crippen MR) is 73.3 cm³/mol. The van der Waals surface area contributed by atoms with Crippen LogP contribution in [-0.2, 0) is 4.79 Å². The van der Waals surface area contributed by atoms with Gasteiger partial charge in [-0.1, -0.05) is 0 Å². The Morgan fingerprint density at radius 3 is 2.25 bits per heavy atom. The highest BCUT2D eigenvalue weighted by molar-refractivity contribution is 6.46. The lowest BCUT2D eigenvalue weighted by Crippen LogP contribution is -2.23. The maximum absolute atomic E-state index is 11.8. The molecule has 1 amide bonds. The van der Waals surface area contributed by atoms with Crippen LogP contribution < -0.4 is 14.8 Å². The van der Waals surface area contributed by atoms with Crippen molar-refractivity contribution >= 4 is 17.4 Å². The van der Waals surface area contributed by atoms with Crippen molar-refractivity contribution in [2.24, 2.45) is 0 Å². The van der Waals surface area contributed by atoms with Crippen molar-refractivity contribution in [1.82, 2.24) is 4.98 Å². The highest BCUT2D eigenvalue weighted by Gasteiger charge is 2.17. The number of anilines is 1. The summed E-state index contributed by atoms with van der Waals surface area (Å²) in [7, 11) is 3.01. The third-order valence-electron chi connectivity index (χ3n) is 2.66. The zero-order valence-electron chi connectivity index (χ0n) is 11.1. The maximum Gasteiger partial charge on any atom is 0.298 e. The quantitative estimate of drug-likeness (QED) is 0.644. The van der Waals surface area contributed by atoms with E-state index in [2.05, 4.69) is 10.3 Å². The molecule has 0 spiro atoms. The van der Waals surface area contributed by atoms with E-state index in [0.717, 1.165) is 0 Å². The second-order valence-corrected chi connectivity index (χ2v) is 3.97. The zero-order valence-corrected chi connectivity index (χ0v) is 11.1. The highest BCUT2D eigenvalue weighted by atomic mass is 16.5. The molecule has 104 valence electrons. The number of hydrogen-bond acceptors (Lipinski definition) is 4. The third kappa shape index (κ3) is 2.97. The van der Waals surface area contributed by atoms with Crippen molar-refractivity contribution in [3.05, 3.63) is 42.2 Å². The number of amides is 1. The molecule has 1 aromatic carbocycles. The summed E-state index contributed by atoms with van der Waals surface area (Å²) in [5, 5.41) is 2.51. The first-order chi connectivity index (χ1) is 9.63. The molecular weight excluding hydrogens is 260 g/mol. The Bertz CT molecular complexity index is 598. The van der Waals surface area contributed by atoms with Gasteiger partial charge in [-0.25, -0.2) is 0 Å². The third-order valence-corrected chi connectivity index (χ3v) is 2.66. The van der Waals surface area contributed by atoms with E-state index in [-0.39, 0.29) is 5.69 Å². The van der Waals surface area contributed by atoms with Crippen LogP contribution in [0.2, 0.25) is 0 Å². The van der Waals surface area contributed by atoms with E-state index in [0.29, 0.717) is 17.2 Å². The van der Waals surface area contributed by atoms with Gasteiger partial charge < -0.3 is 19.8 Å². The lowest BCUT2D eigenvalue weighted by molar-refractivity contribution is -0.112. The van der Waals surface area contributed by atoms with E-state index in [4.69, 9.17) is 9.47 Å². The summed E-state index contributed by atoms with van der Waals surface area (Å²) < 4.78 is 10.2. The molecule has 0 aliphatic rings. The van der Waals surface area contributed by atoms with Crippen molar-refractivity contribution in [3.63, 3.8) is 0 Å². The molecular formula is C14H14N2O4. The minimum atomic E-state index is -0.734. The smallest absolute Gasteiger partial charge is 0.298 e. The topological polar surface area (TPSA) is 80.4 Å². The van der Waals surface area contributed by atoms with E-state index in [1.54, 1.807) is 30.5 Å². The minimum Gasteiger partial charge on any atom is -0.497 e. The zero-order chi connectivity index (χ0) is 14.5. The van der Waals surface area contributed by atoms with Crippen LogP contribution in [0.25, 0.3) is 0 Å². The molecule has 0 aliphatic heterocycles. The number of carbonyl (C=O) groups excluding carboxylic acids is 2. The molecule has 1 aromatic heterocycles. The number of hydrogen-bond donors (Lipinski definition) is 2. The van der Waals surface area contributed by atoms with Gasteiger partial charge in [-0.05, 0) is 12.1 Å². The molecule has 0 atom stereocenters. The van der Waals surface area contributed by atoms with Crippen LogP contribution >= 0.6 is 0 Å². The average molecular weight is 274 g/mol. The Morgan fingerprint density at radius 2 is 1.75 bits per heavy atom. The number of benzene rings is 1. The van der Waals surface area contributed by atoms with Gasteiger partial charge in [0, 0.05) is 30.1 Å². The highest BCUT2D eigenvalue weighted by Crippen LogP contribution is 2.25. The van der Waals surface area contributed by atoms with Gasteiger partial charge in [0.2, 0.25) is 0 Å². The van der Waals surface area contributed by atoms with Gasteiger partial charge >= 0.3 is 0 Å². The molecule has 1 heterocycles. The lowest BCUT2D eigenvalue weighted by atomic mass is 10.2. The van der Waals surface area contributed by atoms with Crippen LogP contribution in [0.4, 0.5) is 5.69 Å². The minimum absolute atomic E-state index is 0.234. The fraction of sp³-hybridized carbons (Fsp3) is 0.143. The molecule has 0 saturated carbocycles. The van der Waals surface area contributed by atoms with Crippen molar-refractivity contribution < 1.29 is 19.1 Å². The number of carbonyl (C=O) groups is 2. The maximum atomic E-state index is 11.8. The average Bonchev–Trinajstić information content (AvgIpc) is 3.00. The lowest BCUT2D eigenvalue weighted by Gasteiger charge is -2.09. The molecule has 0 radical (unpaired) electrons. The van der Waals surface area contributed by atoms with E-state index in [1.807, 2.05) is 0 Å². The number of aromatic amines is 1. The predicted octanol–water partition coefficient (Wildman–Crippen LogP) is 1.85. The summed E-state index contributed by atoms with van der Waals surface area (Å²) in [6, 6.07) is 8.05. The summed E-state index contributed by atoms with van der Waals surface area (Å²) in [5.74, 6) is -0.335. The number of aromatic nitrogens is 1. The number of rotatable bonds is 5. The molecule has 2 N–H and O–H groups in total. The largest absolute Gasteiger partial charge is 0.497 e. The molecule has 2 aromatic rings. The van der Waals surface area contributed by atoms with Crippen LogP contribution in [0, 0.1) is 0 Å². The van der Waals surface area contributed by atoms with Gasteiger partial charge in [0.25, 0.3) is 11.7 Å². The van der Waals surface area contributed by atoms with Gasteiger partial charge in [-0.2, -0.15) is 0 Å². The summed E-state index contributed by atoms with van der Waals surface area (Å²) in [6.45, 7) is 0. The molecule has 0 bridgehead atoms. The Balaban J connectivity index is 2.17. The molecule has 20 heavy (non-hydrogen) atoms. The normalized spacial score (nSPS) is 9.90. The first kappa shape index (κ1) is 13.7. The van der Waals surface area contributed by atoms with Crippen LogP contribution in [-0.4, -0.2) is 30.9 Å². The summed E-state index contributed by atoms with van der Waals surface area (Å²) in [4.78, 5) is 26.4. The molecule has 0 unspecified atom stereocenters. The number of ether oxygens (including phenoxy) is 2. The van der Waals surface area contributed by atoms with Crippen molar-refractivity contribution in [1.29, 1.82) is 0 Å². The summed E-state index contributed by atoms with van der Waals surface area (Å²) in [5.41, 5.74) is 0.656. The van der Waals surface area contributed by atoms with Gasteiger partial charge in [0.1, 0.15) is 11.5 Å². The van der Waals surface area contributed by atoms with Gasteiger partial charge in [-0.3, -0.25) is 9.59 Å². The number of methoxy groups -OCH3 is 2. The first-order valence-electron chi connectivity index (χ1n) is 5.86. The SMILES string of the molecule is COc1cc(NC(=O)C(=O)c2ccc[nH]2)cc(OC)c1. The Labute approximate surface area is 115 Å².